The SMILES string of the molecule is CC(C)(C)[C@@H](CC(=O)c1cc(=O)[nH]c(-c2ncccn2)n1)c1ccc(SC(F)(F)F)cc1. The van der Waals surface area contributed by atoms with Crippen LogP contribution in [0.3, 0.4) is 0 Å². The number of halogens is 3. The molecular weight excluding hydrogens is 441 g/mol. The van der Waals surface area contributed by atoms with Gasteiger partial charge in [-0.05, 0) is 46.9 Å². The maximum Gasteiger partial charge on any atom is 0.446 e. The third-order valence-corrected chi connectivity index (χ3v) is 5.50. The second-order valence-corrected chi connectivity index (χ2v) is 9.35. The van der Waals surface area contributed by atoms with Crippen LogP contribution in [0.15, 0.2) is 58.5 Å². The van der Waals surface area contributed by atoms with Crippen LogP contribution in [0, 0.1) is 5.41 Å². The zero-order valence-electron chi connectivity index (χ0n) is 17.6. The summed E-state index contributed by atoms with van der Waals surface area (Å²) < 4.78 is 37.8. The largest absolute Gasteiger partial charge is 0.446 e. The number of rotatable bonds is 6. The molecule has 0 bridgehead atoms. The van der Waals surface area contributed by atoms with Gasteiger partial charge in [0.25, 0.3) is 5.56 Å². The highest BCUT2D eigenvalue weighted by Crippen LogP contribution is 2.41. The number of hydrogen-bond donors (Lipinski definition) is 1. The molecule has 0 radical (unpaired) electrons. The van der Waals surface area contributed by atoms with E-state index in [1.807, 2.05) is 20.8 Å². The van der Waals surface area contributed by atoms with E-state index in [0.717, 1.165) is 11.6 Å². The Labute approximate surface area is 186 Å². The first-order valence-corrected chi connectivity index (χ1v) is 10.5. The van der Waals surface area contributed by atoms with Gasteiger partial charge in [-0.2, -0.15) is 13.2 Å². The number of thioether (sulfide) groups is 1. The Hall–Kier alpha value is -3.01. The van der Waals surface area contributed by atoms with Crippen LogP contribution in [0.5, 0.6) is 0 Å². The zero-order valence-corrected chi connectivity index (χ0v) is 18.4. The molecule has 0 fully saturated rings. The van der Waals surface area contributed by atoms with E-state index in [2.05, 4.69) is 19.9 Å². The van der Waals surface area contributed by atoms with E-state index in [1.165, 1.54) is 24.5 Å². The lowest BCUT2D eigenvalue weighted by atomic mass is 9.73. The van der Waals surface area contributed by atoms with E-state index in [4.69, 9.17) is 0 Å². The smallest absolute Gasteiger partial charge is 0.304 e. The van der Waals surface area contributed by atoms with Gasteiger partial charge >= 0.3 is 5.51 Å². The molecule has 6 nitrogen and oxygen atoms in total. The predicted molar refractivity (Wildman–Crippen MR) is 115 cm³/mol. The Morgan fingerprint density at radius 2 is 1.72 bits per heavy atom. The Morgan fingerprint density at radius 1 is 1.09 bits per heavy atom. The summed E-state index contributed by atoms with van der Waals surface area (Å²) in [6.07, 6.45) is 3.02. The number of H-pyrrole nitrogens is 1. The van der Waals surface area contributed by atoms with Crippen LogP contribution >= 0.6 is 11.8 Å². The second kappa shape index (κ2) is 9.23. The van der Waals surface area contributed by atoms with Crippen LogP contribution in [0.4, 0.5) is 13.2 Å². The number of Topliss-reactive ketones (excluding diaryl/α,β-unsaturated/α-hetero) is 1. The molecule has 1 aromatic carbocycles. The number of carbonyl (C=O) groups is 1. The third-order valence-electron chi connectivity index (χ3n) is 4.76. The van der Waals surface area contributed by atoms with E-state index >= 15 is 0 Å². The van der Waals surface area contributed by atoms with Gasteiger partial charge in [-0.3, -0.25) is 9.59 Å². The van der Waals surface area contributed by atoms with Crippen molar-refractivity contribution in [2.75, 3.05) is 0 Å². The van der Waals surface area contributed by atoms with Crippen molar-refractivity contribution in [3.8, 4) is 11.6 Å². The zero-order chi connectivity index (χ0) is 23.5. The molecule has 32 heavy (non-hydrogen) atoms. The quantitative estimate of drug-likeness (QED) is 0.398. The molecule has 0 spiro atoms. The molecule has 1 atom stereocenters. The van der Waals surface area contributed by atoms with Crippen LogP contribution in [0.2, 0.25) is 0 Å². The van der Waals surface area contributed by atoms with Crippen molar-refractivity contribution in [2.24, 2.45) is 5.41 Å². The van der Waals surface area contributed by atoms with Gasteiger partial charge < -0.3 is 4.98 Å². The van der Waals surface area contributed by atoms with Gasteiger partial charge in [0, 0.05) is 29.8 Å². The fourth-order valence-corrected chi connectivity index (χ4v) is 3.78. The fraction of sp³-hybridized carbons (Fsp3) is 0.318. The molecule has 0 unspecified atom stereocenters. The number of nitrogens with one attached hydrogen (secondary N) is 1. The minimum absolute atomic E-state index is 0.0188. The van der Waals surface area contributed by atoms with Crippen molar-refractivity contribution in [2.45, 2.75) is 43.5 Å². The van der Waals surface area contributed by atoms with Gasteiger partial charge in [0.1, 0.15) is 5.69 Å². The molecule has 0 aliphatic carbocycles. The van der Waals surface area contributed by atoms with E-state index in [0.29, 0.717) is 0 Å². The van der Waals surface area contributed by atoms with Gasteiger partial charge in [0.05, 0.1) is 0 Å². The summed E-state index contributed by atoms with van der Waals surface area (Å²) in [6.45, 7) is 5.83. The van der Waals surface area contributed by atoms with Crippen molar-refractivity contribution in [3.05, 3.63) is 70.4 Å². The summed E-state index contributed by atoms with van der Waals surface area (Å²) in [5.41, 5.74) is -4.54. The van der Waals surface area contributed by atoms with Crippen molar-refractivity contribution in [1.82, 2.24) is 19.9 Å². The molecule has 0 saturated heterocycles. The lowest BCUT2D eigenvalue weighted by molar-refractivity contribution is -0.0328. The maximum absolute atomic E-state index is 13.1. The third kappa shape index (κ3) is 6.25. The first kappa shape index (κ1) is 23.6. The molecular formula is C22H21F3N4O2S. The number of hydrogen-bond acceptors (Lipinski definition) is 6. The molecule has 2 aromatic heterocycles. The minimum Gasteiger partial charge on any atom is -0.304 e. The number of alkyl halides is 3. The highest BCUT2D eigenvalue weighted by molar-refractivity contribution is 8.00. The molecule has 0 aliphatic heterocycles. The number of carbonyl (C=O) groups excluding carboxylic acids is 1. The fourth-order valence-electron chi connectivity index (χ4n) is 3.24. The molecule has 3 aromatic rings. The van der Waals surface area contributed by atoms with Gasteiger partial charge in [0.15, 0.2) is 17.4 Å². The molecule has 0 amide bonds. The molecule has 1 N–H and O–H groups in total. The van der Waals surface area contributed by atoms with Crippen molar-refractivity contribution < 1.29 is 18.0 Å². The Kier molecular flexibility index (Phi) is 6.82. The molecule has 168 valence electrons. The van der Waals surface area contributed by atoms with Crippen molar-refractivity contribution in [3.63, 3.8) is 0 Å². The number of nitrogens with zero attached hydrogens (tertiary/aromatic N) is 3. The van der Waals surface area contributed by atoms with E-state index in [1.54, 1.807) is 18.2 Å². The summed E-state index contributed by atoms with van der Waals surface area (Å²) in [7, 11) is 0. The molecule has 0 aliphatic rings. The number of benzene rings is 1. The average molecular weight is 462 g/mol. The van der Waals surface area contributed by atoms with Crippen LogP contribution in [-0.4, -0.2) is 31.2 Å². The summed E-state index contributed by atoms with van der Waals surface area (Å²) in [6, 6.07) is 8.73. The van der Waals surface area contributed by atoms with Gasteiger partial charge in [0.2, 0.25) is 0 Å². The highest BCUT2D eigenvalue weighted by Gasteiger charge is 2.31. The summed E-state index contributed by atoms with van der Waals surface area (Å²) in [4.78, 5) is 40.0. The summed E-state index contributed by atoms with van der Waals surface area (Å²) in [5.74, 6) is -0.397. The lowest BCUT2D eigenvalue weighted by Gasteiger charge is -2.31. The second-order valence-electron chi connectivity index (χ2n) is 8.21. The summed E-state index contributed by atoms with van der Waals surface area (Å²) in [5, 5.41) is 0. The monoisotopic (exact) mass is 462 g/mol. The van der Waals surface area contributed by atoms with Crippen molar-refractivity contribution >= 4 is 17.5 Å². The van der Waals surface area contributed by atoms with Crippen LogP contribution < -0.4 is 5.56 Å². The van der Waals surface area contributed by atoms with E-state index in [9.17, 15) is 22.8 Å². The van der Waals surface area contributed by atoms with Gasteiger partial charge in [-0.1, -0.05) is 32.9 Å². The van der Waals surface area contributed by atoms with Crippen LogP contribution in [0.1, 0.15) is 49.2 Å². The predicted octanol–water partition coefficient (Wildman–Crippen LogP) is 5.24. The Bertz CT molecular complexity index is 1140. The van der Waals surface area contributed by atoms with E-state index < -0.39 is 11.1 Å². The molecule has 2 heterocycles. The number of aromatic nitrogens is 4. The summed E-state index contributed by atoms with van der Waals surface area (Å²) >= 11 is -0.186. The van der Waals surface area contributed by atoms with Gasteiger partial charge in [-0.25, -0.2) is 15.0 Å². The number of ketones is 1. The lowest BCUT2D eigenvalue weighted by Crippen LogP contribution is -2.23. The normalized spacial score (nSPS) is 13.1. The molecule has 3 rings (SSSR count). The molecule has 10 heteroatoms. The Balaban J connectivity index is 1.88. The number of aromatic amines is 1. The van der Waals surface area contributed by atoms with Crippen LogP contribution in [0.25, 0.3) is 11.6 Å². The first-order valence-electron chi connectivity index (χ1n) is 9.70. The van der Waals surface area contributed by atoms with Crippen molar-refractivity contribution in [1.29, 1.82) is 0 Å². The average Bonchev–Trinajstić information content (AvgIpc) is 2.71. The van der Waals surface area contributed by atoms with Gasteiger partial charge in [-0.15, -0.1) is 0 Å². The van der Waals surface area contributed by atoms with E-state index in [-0.39, 0.29) is 57.5 Å². The minimum atomic E-state index is -4.37. The Morgan fingerprint density at radius 3 is 2.28 bits per heavy atom. The topological polar surface area (TPSA) is 88.6 Å². The first-order chi connectivity index (χ1) is 14.9. The van der Waals surface area contributed by atoms with Crippen LogP contribution in [-0.2, 0) is 0 Å². The molecule has 0 saturated carbocycles. The standard InChI is InChI=1S/C22H21F3N4O2S/c1-21(2,3)15(13-5-7-14(8-6-13)32-22(23,24)25)11-17(30)16-12-18(31)29-20(28-16)19-26-9-4-10-27-19/h4-10,12,15H,11H2,1-3H3,(H,28,29,31)/t15-/m0/s1. The maximum atomic E-state index is 13.1. The highest BCUT2D eigenvalue weighted by atomic mass is 32.2.